The van der Waals surface area contributed by atoms with Crippen molar-refractivity contribution in [2.45, 2.75) is 57.1 Å². The van der Waals surface area contributed by atoms with Crippen molar-refractivity contribution >= 4 is 42.5 Å². The number of thioether (sulfide) groups is 1. The van der Waals surface area contributed by atoms with Gasteiger partial charge in [0.15, 0.2) is 5.82 Å². The number of benzene rings is 2. The first-order valence-corrected chi connectivity index (χ1v) is 15.8. The molecule has 5 nitrogen and oxygen atoms in total. The van der Waals surface area contributed by atoms with Crippen LogP contribution >= 0.6 is 11.8 Å². The molecule has 0 unspecified atom stereocenters. The van der Waals surface area contributed by atoms with Crippen molar-refractivity contribution in [1.29, 1.82) is 0 Å². The summed E-state index contributed by atoms with van der Waals surface area (Å²) < 4.78 is 7.83. The lowest BCUT2D eigenvalue weighted by molar-refractivity contribution is -0.116. The van der Waals surface area contributed by atoms with Crippen LogP contribution in [0.15, 0.2) is 47.4 Å². The zero-order chi connectivity index (χ0) is 22.4. The van der Waals surface area contributed by atoms with Crippen molar-refractivity contribution in [1.82, 2.24) is 9.78 Å². The van der Waals surface area contributed by atoms with Gasteiger partial charge < -0.3 is 10.1 Å². The van der Waals surface area contributed by atoms with Gasteiger partial charge in [0.1, 0.15) is 6.73 Å². The van der Waals surface area contributed by atoms with Gasteiger partial charge >= 0.3 is 0 Å². The number of nitrogens with zero attached hydrogens (tertiary/aromatic N) is 2. The molecule has 7 heteroatoms. The van der Waals surface area contributed by atoms with Gasteiger partial charge in [0.05, 0.1) is 5.52 Å². The third kappa shape index (κ3) is 6.45. The fourth-order valence-corrected chi connectivity index (χ4v) is 4.44. The van der Waals surface area contributed by atoms with E-state index in [1.165, 1.54) is 4.90 Å². The van der Waals surface area contributed by atoms with Gasteiger partial charge in [0.25, 0.3) is 0 Å². The minimum Gasteiger partial charge on any atom is -0.360 e. The maximum atomic E-state index is 12.2. The van der Waals surface area contributed by atoms with Crippen molar-refractivity contribution in [3.05, 3.63) is 42.5 Å². The summed E-state index contributed by atoms with van der Waals surface area (Å²) in [6, 6.07) is 15.9. The molecule has 0 radical (unpaired) electrons. The zero-order valence-corrected chi connectivity index (χ0v) is 21.0. The van der Waals surface area contributed by atoms with E-state index in [4.69, 9.17) is 4.74 Å². The molecular formula is C24H33N3O2SSi. The molecule has 1 amide bonds. The highest BCUT2D eigenvalue weighted by atomic mass is 32.2. The average Bonchev–Trinajstić information content (AvgIpc) is 3.07. The van der Waals surface area contributed by atoms with Gasteiger partial charge in [-0.15, -0.1) is 11.8 Å². The molecule has 2 aromatic carbocycles. The molecule has 166 valence electrons. The van der Waals surface area contributed by atoms with E-state index in [-0.39, 0.29) is 5.91 Å². The third-order valence-electron chi connectivity index (χ3n) is 5.12. The maximum Gasteiger partial charge on any atom is 0.225 e. The largest absolute Gasteiger partial charge is 0.360 e. The molecule has 0 bridgehead atoms. The number of carbonyl (C=O) groups excluding carboxylic acids is 1. The Morgan fingerprint density at radius 1 is 1.13 bits per heavy atom. The third-order valence-corrected chi connectivity index (χ3v) is 7.57. The molecule has 0 saturated carbocycles. The second-order valence-corrected chi connectivity index (χ2v) is 15.5. The fraction of sp³-hybridized carbons (Fsp3) is 0.417. The maximum absolute atomic E-state index is 12.2. The molecule has 1 N–H and O–H groups in total. The Bertz CT molecular complexity index is 1030. The predicted octanol–water partition coefficient (Wildman–Crippen LogP) is 6.48. The quantitative estimate of drug-likeness (QED) is 0.216. The minimum absolute atomic E-state index is 0.00886. The zero-order valence-electron chi connectivity index (χ0n) is 19.2. The molecule has 0 fully saturated rings. The highest BCUT2D eigenvalue weighted by Gasteiger charge is 2.16. The van der Waals surface area contributed by atoms with E-state index in [1.807, 2.05) is 17.7 Å². The lowest BCUT2D eigenvalue weighted by Crippen LogP contribution is -2.22. The Morgan fingerprint density at radius 2 is 1.84 bits per heavy atom. The summed E-state index contributed by atoms with van der Waals surface area (Å²) in [4.78, 5) is 13.4. The summed E-state index contributed by atoms with van der Waals surface area (Å²) in [6.07, 6.45) is 3.37. The lowest BCUT2D eigenvalue weighted by Gasteiger charge is -2.15. The van der Waals surface area contributed by atoms with Gasteiger partial charge in [-0.3, -0.25) is 4.79 Å². The van der Waals surface area contributed by atoms with Crippen LogP contribution in [0.25, 0.3) is 22.0 Å². The standard InChI is InChI=1S/C24H33N3O2SSi/c1-6-7-23(28)25-24-21-13-10-19(18-8-11-20(30-2)12-9-18)16-22(21)27(26-24)17-29-14-15-31(3,4)5/h8-13,16H,6-7,14-15,17H2,1-5H3,(H,25,26,28). The molecule has 0 saturated heterocycles. The number of nitrogens with one attached hydrogen (secondary N) is 1. The van der Waals surface area contributed by atoms with Crippen LogP contribution in [0.5, 0.6) is 0 Å². The van der Waals surface area contributed by atoms with Crippen molar-refractivity contribution < 1.29 is 9.53 Å². The van der Waals surface area contributed by atoms with Gasteiger partial charge in [0.2, 0.25) is 5.91 Å². The van der Waals surface area contributed by atoms with Gasteiger partial charge in [-0.2, -0.15) is 5.10 Å². The summed E-state index contributed by atoms with van der Waals surface area (Å²) in [7, 11) is -1.15. The molecule has 3 rings (SSSR count). The Kier molecular flexibility index (Phi) is 7.97. The van der Waals surface area contributed by atoms with E-state index in [1.54, 1.807) is 11.8 Å². The van der Waals surface area contributed by atoms with Gasteiger partial charge in [-0.05, 0) is 54.1 Å². The number of ether oxygens (including phenoxy) is 1. The monoisotopic (exact) mass is 455 g/mol. The van der Waals surface area contributed by atoms with Crippen LogP contribution in [0.1, 0.15) is 19.8 Å². The first-order valence-electron chi connectivity index (χ1n) is 10.8. The summed E-state index contributed by atoms with van der Waals surface area (Å²) in [5.74, 6) is 0.594. The van der Waals surface area contributed by atoms with Gasteiger partial charge in [-0.1, -0.05) is 44.8 Å². The summed E-state index contributed by atoms with van der Waals surface area (Å²) in [5, 5.41) is 8.58. The molecule has 0 aliphatic rings. The Balaban J connectivity index is 1.91. The van der Waals surface area contributed by atoms with E-state index in [2.05, 4.69) is 72.7 Å². The summed E-state index contributed by atoms with van der Waals surface area (Å²) in [5.41, 5.74) is 3.24. The molecule has 1 heterocycles. The molecule has 0 aliphatic carbocycles. The van der Waals surface area contributed by atoms with Crippen LogP contribution in [-0.2, 0) is 16.3 Å². The van der Waals surface area contributed by atoms with E-state index >= 15 is 0 Å². The van der Waals surface area contributed by atoms with Crippen LogP contribution in [0.2, 0.25) is 25.7 Å². The summed E-state index contributed by atoms with van der Waals surface area (Å²) >= 11 is 1.74. The number of amides is 1. The van der Waals surface area contributed by atoms with Crippen molar-refractivity contribution in [3.63, 3.8) is 0 Å². The number of hydrogen-bond donors (Lipinski definition) is 1. The first kappa shape index (κ1) is 23.6. The van der Waals surface area contributed by atoms with Gasteiger partial charge in [0, 0.05) is 31.4 Å². The van der Waals surface area contributed by atoms with Gasteiger partial charge in [-0.25, -0.2) is 4.68 Å². The second-order valence-electron chi connectivity index (χ2n) is 8.95. The van der Waals surface area contributed by atoms with E-state index in [0.29, 0.717) is 19.0 Å². The number of fused-ring (bicyclic) bond motifs is 1. The number of anilines is 1. The Labute approximate surface area is 190 Å². The molecule has 31 heavy (non-hydrogen) atoms. The van der Waals surface area contributed by atoms with Crippen molar-refractivity contribution in [2.24, 2.45) is 0 Å². The second kappa shape index (κ2) is 10.5. The lowest BCUT2D eigenvalue weighted by atomic mass is 10.0. The van der Waals surface area contributed by atoms with Crippen LogP contribution in [-0.4, -0.2) is 36.6 Å². The Hall–Kier alpha value is -2.09. The fourth-order valence-electron chi connectivity index (χ4n) is 3.28. The van der Waals surface area contributed by atoms with Crippen molar-refractivity contribution in [3.8, 4) is 11.1 Å². The molecule has 1 aromatic heterocycles. The minimum atomic E-state index is -1.15. The highest BCUT2D eigenvalue weighted by Crippen LogP contribution is 2.30. The molecule has 3 aromatic rings. The van der Waals surface area contributed by atoms with E-state index in [9.17, 15) is 4.79 Å². The average molecular weight is 456 g/mol. The number of rotatable bonds is 10. The normalized spacial score (nSPS) is 11.8. The predicted molar refractivity (Wildman–Crippen MR) is 135 cm³/mol. The first-order chi connectivity index (χ1) is 14.8. The van der Waals surface area contributed by atoms with E-state index in [0.717, 1.165) is 41.1 Å². The smallest absolute Gasteiger partial charge is 0.225 e. The van der Waals surface area contributed by atoms with Crippen LogP contribution in [0.4, 0.5) is 5.82 Å². The molecule has 0 atom stereocenters. The number of hydrogen-bond acceptors (Lipinski definition) is 4. The highest BCUT2D eigenvalue weighted by molar-refractivity contribution is 7.98. The van der Waals surface area contributed by atoms with Crippen LogP contribution in [0, 0.1) is 0 Å². The van der Waals surface area contributed by atoms with Crippen molar-refractivity contribution in [2.75, 3.05) is 18.2 Å². The molecule has 0 spiro atoms. The Morgan fingerprint density at radius 3 is 2.48 bits per heavy atom. The molecule has 0 aliphatic heterocycles. The van der Waals surface area contributed by atoms with Crippen LogP contribution < -0.4 is 5.32 Å². The molecular weight excluding hydrogens is 422 g/mol. The van der Waals surface area contributed by atoms with E-state index < -0.39 is 8.07 Å². The number of aromatic nitrogens is 2. The topological polar surface area (TPSA) is 56.2 Å². The SMILES string of the molecule is CCCC(=O)Nc1nn(COCC[Si](C)(C)C)c2cc(-c3ccc(SC)cc3)ccc12. The van der Waals surface area contributed by atoms with Crippen LogP contribution in [0.3, 0.4) is 0 Å². The summed E-state index contributed by atoms with van der Waals surface area (Å²) in [6.45, 7) is 10.1. The number of carbonyl (C=O) groups is 1.